The van der Waals surface area contributed by atoms with Crippen molar-refractivity contribution in [1.29, 1.82) is 0 Å². The monoisotopic (exact) mass is 428 g/mol. The van der Waals surface area contributed by atoms with Gasteiger partial charge in [-0.25, -0.2) is 4.79 Å². The first-order valence-corrected chi connectivity index (χ1v) is 10.1. The van der Waals surface area contributed by atoms with Crippen LogP contribution < -0.4 is 18.9 Å². The van der Waals surface area contributed by atoms with E-state index in [9.17, 15) is 4.79 Å². The van der Waals surface area contributed by atoms with Gasteiger partial charge in [0.15, 0.2) is 11.5 Å². The number of carbonyl (C=O) groups is 1. The van der Waals surface area contributed by atoms with Crippen LogP contribution in [0.5, 0.6) is 23.0 Å². The van der Waals surface area contributed by atoms with E-state index in [0.717, 1.165) is 27.3 Å². The number of hydrogen-bond acceptors (Lipinski definition) is 7. The summed E-state index contributed by atoms with van der Waals surface area (Å²) in [5, 5.41) is 0. The number of hydrogen-bond donors (Lipinski definition) is 0. The highest BCUT2D eigenvalue weighted by atomic mass is 32.1. The number of methoxy groups -OCH3 is 4. The van der Waals surface area contributed by atoms with Crippen LogP contribution in [0.4, 0.5) is 0 Å². The topological polar surface area (TPSA) is 63.2 Å². The van der Waals surface area contributed by atoms with Crippen LogP contribution in [0.25, 0.3) is 21.6 Å². The van der Waals surface area contributed by atoms with Crippen molar-refractivity contribution >= 4 is 17.3 Å². The van der Waals surface area contributed by atoms with Crippen molar-refractivity contribution in [3.05, 3.63) is 47.3 Å². The molecule has 30 heavy (non-hydrogen) atoms. The molecule has 0 N–H and O–H groups in total. The summed E-state index contributed by atoms with van der Waals surface area (Å²) in [6.45, 7) is 2.10. The van der Waals surface area contributed by atoms with E-state index < -0.39 is 0 Å². The minimum atomic E-state index is -0.351. The van der Waals surface area contributed by atoms with Gasteiger partial charge in [-0.1, -0.05) is 0 Å². The van der Waals surface area contributed by atoms with Crippen molar-refractivity contribution in [2.75, 3.05) is 35.0 Å². The van der Waals surface area contributed by atoms with Crippen LogP contribution in [-0.2, 0) is 4.74 Å². The Morgan fingerprint density at radius 2 is 1.47 bits per heavy atom. The Labute approximate surface area is 179 Å². The van der Waals surface area contributed by atoms with Crippen molar-refractivity contribution in [3.63, 3.8) is 0 Å². The molecule has 0 aliphatic rings. The van der Waals surface area contributed by atoms with Crippen LogP contribution in [0.3, 0.4) is 0 Å². The highest BCUT2D eigenvalue weighted by molar-refractivity contribution is 7.18. The fraction of sp³-hybridized carbons (Fsp3) is 0.261. The molecule has 0 saturated carbocycles. The van der Waals surface area contributed by atoms with Gasteiger partial charge in [0.25, 0.3) is 0 Å². The van der Waals surface area contributed by atoms with Crippen molar-refractivity contribution in [2.45, 2.75) is 6.92 Å². The molecule has 7 heteroatoms. The zero-order valence-corrected chi connectivity index (χ0v) is 18.4. The number of carbonyl (C=O) groups excluding carboxylic acids is 1. The second-order valence-corrected chi connectivity index (χ2v) is 7.27. The Kier molecular flexibility index (Phi) is 6.84. The van der Waals surface area contributed by atoms with Gasteiger partial charge in [0.1, 0.15) is 10.6 Å². The lowest BCUT2D eigenvalue weighted by atomic mass is 10.0. The summed E-state index contributed by atoms with van der Waals surface area (Å²) >= 11 is 1.38. The molecule has 0 fully saturated rings. The maximum atomic E-state index is 12.4. The molecule has 1 heterocycles. The molecule has 0 amide bonds. The summed E-state index contributed by atoms with van der Waals surface area (Å²) < 4.78 is 26.9. The molecule has 3 rings (SSSR count). The zero-order valence-electron chi connectivity index (χ0n) is 17.6. The molecule has 2 aromatic carbocycles. The molecule has 0 aliphatic heterocycles. The largest absolute Gasteiger partial charge is 0.497 e. The Bertz CT molecular complexity index is 998. The molecule has 0 atom stereocenters. The second kappa shape index (κ2) is 9.54. The SMILES string of the molecule is CCOC(=O)c1cc(-c2cc(OC)c(OC)c(OC)c2)c(-c2ccc(OC)cc2)s1. The van der Waals surface area contributed by atoms with Crippen molar-refractivity contribution in [1.82, 2.24) is 0 Å². The van der Waals surface area contributed by atoms with Gasteiger partial charge in [-0.15, -0.1) is 11.3 Å². The number of esters is 1. The van der Waals surface area contributed by atoms with Gasteiger partial charge in [-0.05, 0) is 60.5 Å². The molecule has 0 unspecified atom stereocenters. The van der Waals surface area contributed by atoms with Crippen LogP contribution in [0, 0.1) is 0 Å². The van der Waals surface area contributed by atoms with Crippen molar-refractivity contribution in [2.24, 2.45) is 0 Å². The smallest absolute Gasteiger partial charge is 0.348 e. The molecule has 1 aromatic heterocycles. The van der Waals surface area contributed by atoms with Gasteiger partial charge in [0.05, 0.1) is 35.0 Å². The number of thiophene rings is 1. The van der Waals surface area contributed by atoms with Crippen molar-refractivity contribution < 1.29 is 28.5 Å². The fourth-order valence-corrected chi connectivity index (χ4v) is 4.18. The Hall–Kier alpha value is -3.19. The minimum Gasteiger partial charge on any atom is -0.497 e. The standard InChI is InChI=1S/C23H24O6S/c1-6-29-23(24)20-13-17(22(30-20)14-7-9-16(25-2)10-8-14)15-11-18(26-3)21(28-5)19(12-15)27-4/h7-13H,6H2,1-5H3. The summed E-state index contributed by atoms with van der Waals surface area (Å²) in [6, 6.07) is 13.3. The summed E-state index contributed by atoms with van der Waals surface area (Å²) in [5.74, 6) is 2.00. The molecule has 6 nitrogen and oxygen atoms in total. The van der Waals surface area contributed by atoms with Crippen LogP contribution in [0.1, 0.15) is 16.6 Å². The minimum absolute atomic E-state index is 0.314. The zero-order chi connectivity index (χ0) is 21.7. The van der Waals surface area contributed by atoms with Crippen LogP contribution in [0.15, 0.2) is 42.5 Å². The van der Waals surface area contributed by atoms with Crippen molar-refractivity contribution in [3.8, 4) is 44.6 Å². The summed E-state index contributed by atoms with van der Waals surface area (Å²) in [7, 11) is 6.33. The third-order valence-corrected chi connectivity index (χ3v) is 5.70. The molecular weight excluding hydrogens is 404 g/mol. The number of ether oxygens (including phenoxy) is 5. The predicted octanol–water partition coefficient (Wildman–Crippen LogP) is 5.29. The molecule has 0 aliphatic carbocycles. The van der Waals surface area contributed by atoms with E-state index in [-0.39, 0.29) is 5.97 Å². The molecular formula is C23H24O6S. The predicted molar refractivity (Wildman–Crippen MR) is 117 cm³/mol. The highest BCUT2D eigenvalue weighted by Gasteiger charge is 2.21. The van der Waals surface area contributed by atoms with Crippen LogP contribution >= 0.6 is 11.3 Å². The summed E-state index contributed by atoms with van der Waals surface area (Å²) in [4.78, 5) is 13.9. The first-order valence-electron chi connectivity index (χ1n) is 9.32. The van der Waals surface area contributed by atoms with E-state index in [2.05, 4.69) is 0 Å². The lowest BCUT2D eigenvalue weighted by Crippen LogP contribution is -2.01. The van der Waals surface area contributed by atoms with E-state index in [4.69, 9.17) is 23.7 Å². The van der Waals surface area contributed by atoms with E-state index in [1.807, 2.05) is 42.5 Å². The van der Waals surface area contributed by atoms with Gasteiger partial charge in [0, 0.05) is 10.4 Å². The van der Waals surface area contributed by atoms with E-state index in [0.29, 0.717) is 28.7 Å². The lowest BCUT2D eigenvalue weighted by molar-refractivity contribution is 0.0532. The van der Waals surface area contributed by atoms with E-state index >= 15 is 0 Å². The molecule has 0 bridgehead atoms. The normalized spacial score (nSPS) is 10.4. The fourth-order valence-electron chi connectivity index (χ4n) is 3.10. The average Bonchev–Trinajstić information content (AvgIpc) is 3.24. The molecule has 158 valence electrons. The maximum Gasteiger partial charge on any atom is 0.348 e. The molecule has 3 aromatic rings. The van der Waals surface area contributed by atoms with Gasteiger partial charge in [-0.3, -0.25) is 0 Å². The Morgan fingerprint density at radius 3 is 1.97 bits per heavy atom. The molecule has 0 radical (unpaired) electrons. The quantitative estimate of drug-likeness (QED) is 0.454. The summed E-state index contributed by atoms with van der Waals surface area (Å²) in [5.41, 5.74) is 2.66. The van der Waals surface area contributed by atoms with Gasteiger partial charge in [-0.2, -0.15) is 0 Å². The third-order valence-electron chi connectivity index (χ3n) is 4.54. The molecule has 0 saturated heterocycles. The number of rotatable bonds is 8. The number of benzene rings is 2. The van der Waals surface area contributed by atoms with Gasteiger partial charge >= 0.3 is 5.97 Å². The average molecular weight is 429 g/mol. The lowest BCUT2D eigenvalue weighted by Gasteiger charge is -2.14. The van der Waals surface area contributed by atoms with E-state index in [1.165, 1.54) is 11.3 Å². The maximum absolute atomic E-state index is 12.4. The molecule has 0 spiro atoms. The summed E-state index contributed by atoms with van der Waals surface area (Å²) in [6.07, 6.45) is 0. The first-order chi connectivity index (χ1) is 14.6. The van der Waals surface area contributed by atoms with Gasteiger partial charge < -0.3 is 23.7 Å². The Morgan fingerprint density at radius 1 is 0.833 bits per heavy atom. The van der Waals surface area contributed by atoms with E-state index in [1.54, 1.807) is 35.4 Å². The van der Waals surface area contributed by atoms with Crippen LogP contribution in [0.2, 0.25) is 0 Å². The third kappa shape index (κ3) is 4.21. The highest BCUT2D eigenvalue weighted by Crippen LogP contribution is 2.46. The Balaban J connectivity index is 2.20. The second-order valence-electron chi connectivity index (χ2n) is 6.22. The first kappa shape index (κ1) is 21.5. The van der Waals surface area contributed by atoms with Gasteiger partial charge in [0.2, 0.25) is 5.75 Å². The van der Waals surface area contributed by atoms with Crippen LogP contribution in [-0.4, -0.2) is 41.0 Å².